The maximum Gasteiger partial charge on any atom is 0.277 e. The molecule has 0 aliphatic rings. The van der Waals surface area contributed by atoms with Crippen LogP contribution in [0, 0.1) is 0 Å². The van der Waals surface area contributed by atoms with Gasteiger partial charge in [-0.3, -0.25) is 4.79 Å². The number of nitrogens with one attached hydrogen (secondary N) is 1. The summed E-state index contributed by atoms with van der Waals surface area (Å²) >= 11 is 4.51. The second-order valence-corrected chi connectivity index (χ2v) is 8.96. The SMILES string of the molecule is CSc1ccccc1NC(=O)CSc1nnc(CCc2nc3ccccc3s2)o1. The molecule has 0 atom stereocenters. The van der Waals surface area contributed by atoms with E-state index in [0.29, 0.717) is 17.5 Å². The molecule has 0 fully saturated rings. The number of thiazole rings is 1. The van der Waals surface area contributed by atoms with E-state index < -0.39 is 0 Å². The van der Waals surface area contributed by atoms with Crippen molar-refractivity contribution in [2.24, 2.45) is 0 Å². The lowest BCUT2D eigenvalue weighted by atomic mass is 10.3. The molecule has 4 rings (SSSR count). The van der Waals surface area contributed by atoms with Gasteiger partial charge in [-0.1, -0.05) is 36.0 Å². The molecule has 2 aromatic heterocycles. The Hall–Kier alpha value is -2.36. The summed E-state index contributed by atoms with van der Waals surface area (Å²) < 4.78 is 6.84. The van der Waals surface area contributed by atoms with Crippen molar-refractivity contribution in [2.75, 3.05) is 17.3 Å². The number of carbonyl (C=O) groups is 1. The summed E-state index contributed by atoms with van der Waals surface area (Å²) in [5, 5.41) is 12.5. The van der Waals surface area contributed by atoms with Gasteiger partial charge in [-0.05, 0) is 30.5 Å². The van der Waals surface area contributed by atoms with Gasteiger partial charge in [0, 0.05) is 17.7 Å². The van der Waals surface area contributed by atoms with Crippen LogP contribution in [0.25, 0.3) is 10.2 Å². The lowest BCUT2D eigenvalue weighted by Crippen LogP contribution is -2.14. The molecule has 0 aliphatic heterocycles. The second kappa shape index (κ2) is 9.43. The Morgan fingerprint density at radius 1 is 1.10 bits per heavy atom. The molecule has 29 heavy (non-hydrogen) atoms. The Kier molecular flexibility index (Phi) is 6.48. The third-order valence-electron chi connectivity index (χ3n) is 4.05. The average molecular weight is 443 g/mol. The molecule has 0 unspecified atom stereocenters. The van der Waals surface area contributed by atoms with E-state index in [1.807, 2.05) is 48.7 Å². The minimum absolute atomic E-state index is 0.106. The lowest BCUT2D eigenvalue weighted by Gasteiger charge is -2.08. The van der Waals surface area contributed by atoms with Crippen LogP contribution >= 0.6 is 34.9 Å². The van der Waals surface area contributed by atoms with E-state index in [2.05, 4.69) is 26.6 Å². The largest absolute Gasteiger partial charge is 0.416 e. The predicted molar refractivity (Wildman–Crippen MR) is 119 cm³/mol. The van der Waals surface area contributed by atoms with E-state index in [0.717, 1.165) is 27.5 Å². The van der Waals surface area contributed by atoms with Gasteiger partial charge < -0.3 is 9.73 Å². The van der Waals surface area contributed by atoms with E-state index in [1.165, 1.54) is 16.5 Å². The van der Waals surface area contributed by atoms with E-state index in [4.69, 9.17) is 4.42 Å². The van der Waals surface area contributed by atoms with Gasteiger partial charge in [0.25, 0.3) is 5.22 Å². The lowest BCUT2D eigenvalue weighted by molar-refractivity contribution is -0.113. The second-order valence-electron chi connectivity index (χ2n) is 6.07. The molecule has 2 aromatic carbocycles. The molecule has 0 aliphatic carbocycles. The topological polar surface area (TPSA) is 80.9 Å². The smallest absolute Gasteiger partial charge is 0.277 e. The molecule has 0 radical (unpaired) electrons. The number of nitrogens with zero attached hydrogens (tertiary/aromatic N) is 3. The highest BCUT2D eigenvalue weighted by Gasteiger charge is 2.12. The van der Waals surface area contributed by atoms with E-state index in [-0.39, 0.29) is 11.7 Å². The number of anilines is 1. The van der Waals surface area contributed by atoms with Crippen LogP contribution in [0.1, 0.15) is 10.9 Å². The maximum absolute atomic E-state index is 12.2. The van der Waals surface area contributed by atoms with Crippen LogP contribution in [0.2, 0.25) is 0 Å². The zero-order valence-corrected chi connectivity index (χ0v) is 18.1. The summed E-state index contributed by atoms with van der Waals surface area (Å²) in [7, 11) is 0. The van der Waals surface area contributed by atoms with Crippen LogP contribution < -0.4 is 5.32 Å². The Balaban J connectivity index is 1.28. The van der Waals surface area contributed by atoms with Gasteiger partial charge in [0.15, 0.2) is 0 Å². The van der Waals surface area contributed by atoms with Crippen molar-refractivity contribution >= 4 is 56.7 Å². The van der Waals surface area contributed by atoms with Crippen LogP contribution in [0.15, 0.2) is 63.1 Å². The molecule has 0 saturated carbocycles. The van der Waals surface area contributed by atoms with Gasteiger partial charge >= 0.3 is 0 Å². The molecule has 0 spiro atoms. The highest BCUT2D eigenvalue weighted by Crippen LogP contribution is 2.26. The van der Waals surface area contributed by atoms with Crippen molar-refractivity contribution in [1.29, 1.82) is 0 Å². The number of thioether (sulfide) groups is 2. The van der Waals surface area contributed by atoms with E-state index >= 15 is 0 Å². The number of fused-ring (bicyclic) bond motifs is 1. The van der Waals surface area contributed by atoms with Crippen molar-refractivity contribution in [2.45, 2.75) is 23.0 Å². The summed E-state index contributed by atoms with van der Waals surface area (Å²) in [6.07, 6.45) is 3.35. The third kappa shape index (κ3) is 5.17. The fourth-order valence-corrected chi connectivity index (χ4v) is 4.80. The number of hydrogen-bond acceptors (Lipinski definition) is 8. The zero-order chi connectivity index (χ0) is 20.1. The first-order valence-electron chi connectivity index (χ1n) is 8.94. The van der Waals surface area contributed by atoms with Gasteiger partial charge in [-0.25, -0.2) is 4.98 Å². The number of aryl methyl sites for hydroxylation is 2. The number of benzene rings is 2. The molecule has 1 N–H and O–H groups in total. The van der Waals surface area contributed by atoms with Crippen LogP contribution in [-0.2, 0) is 17.6 Å². The highest BCUT2D eigenvalue weighted by molar-refractivity contribution is 7.99. The summed E-state index contributed by atoms with van der Waals surface area (Å²) in [6.45, 7) is 0. The average Bonchev–Trinajstić information content (AvgIpc) is 3.37. The van der Waals surface area contributed by atoms with Gasteiger partial charge in [-0.2, -0.15) is 0 Å². The molecule has 1 amide bonds. The van der Waals surface area contributed by atoms with Crippen molar-refractivity contribution in [1.82, 2.24) is 15.2 Å². The van der Waals surface area contributed by atoms with Crippen LogP contribution in [-0.4, -0.2) is 33.1 Å². The third-order valence-corrected chi connectivity index (χ3v) is 6.76. The Labute approximate surface area is 180 Å². The molecular formula is C20H18N4O2S3. The minimum atomic E-state index is -0.106. The van der Waals surface area contributed by atoms with E-state index in [9.17, 15) is 4.79 Å². The molecule has 0 saturated heterocycles. The molecule has 4 aromatic rings. The number of carbonyl (C=O) groups excluding carboxylic acids is 1. The first-order chi connectivity index (χ1) is 14.2. The van der Waals surface area contributed by atoms with Gasteiger partial charge in [0.1, 0.15) is 0 Å². The van der Waals surface area contributed by atoms with Crippen LogP contribution in [0.4, 0.5) is 5.69 Å². The zero-order valence-electron chi connectivity index (χ0n) is 15.6. The monoisotopic (exact) mass is 442 g/mol. The molecule has 148 valence electrons. The Morgan fingerprint density at radius 3 is 2.79 bits per heavy atom. The molecule has 2 heterocycles. The van der Waals surface area contributed by atoms with Crippen molar-refractivity contribution in [3.63, 3.8) is 0 Å². The Bertz CT molecular complexity index is 1090. The number of amides is 1. The fourth-order valence-electron chi connectivity index (χ4n) is 2.70. The number of rotatable bonds is 8. The Morgan fingerprint density at radius 2 is 1.93 bits per heavy atom. The standard InChI is InChI=1S/C20H18N4O2S3/c1-27-15-8-4-2-6-13(15)21-17(25)12-28-20-24-23-18(26-20)10-11-19-22-14-7-3-5-9-16(14)29-19/h2-9H,10-12H2,1H3,(H,21,25). The summed E-state index contributed by atoms with van der Waals surface area (Å²) in [5.41, 5.74) is 1.83. The van der Waals surface area contributed by atoms with Gasteiger partial charge in [0.2, 0.25) is 11.8 Å². The number of para-hydroxylation sites is 2. The van der Waals surface area contributed by atoms with Crippen LogP contribution in [0.3, 0.4) is 0 Å². The predicted octanol–water partition coefficient (Wildman–Crippen LogP) is 4.92. The number of hydrogen-bond donors (Lipinski definition) is 1. The molecular weight excluding hydrogens is 424 g/mol. The van der Waals surface area contributed by atoms with E-state index in [1.54, 1.807) is 23.1 Å². The summed E-state index contributed by atoms with van der Waals surface area (Å²) in [5.74, 6) is 0.660. The van der Waals surface area contributed by atoms with Gasteiger partial charge in [-0.15, -0.1) is 33.3 Å². The fraction of sp³-hybridized carbons (Fsp3) is 0.200. The summed E-state index contributed by atoms with van der Waals surface area (Å²) in [4.78, 5) is 17.9. The highest BCUT2D eigenvalue weighted by atomic mass is 32.2. The number of aromatic nitrogens is 3. The molecule has 0 bridgehead atoms. The minimum Gasteiger partial charge on any atom is -0.416 e. The normalized spacial score (nSPS) is 11.1. The first-order valence-corrected chi connectivity index (χ1v) is 12.0. The van der Waals surface area contributed by atoms with Gasteiger partial charge in [0.05, 0.1) is 26.7 Å². The first kappa shape index (κ1) is 19.9. The van der Waals surface area contributed by atoms with Crippen molar-refractivity contribution in [3.05, 3.63) is 59.4 Å². The quantitative estimate of drug-likeness (QED) is 0.388. The van der Waals surface area contributed by atoms with Crippen LogP contribution in [0.5, 0.6) is 0 Å². The molecule has 6 nitrogen and oxygen atoms in total. The van der Waals surface area contributed by atoms with Crippen molar-refractivity contribution < 1.29 is 9.21 Å². The molecule has 9 heteroatoms. The van der Waals surface area contributed by atoms with Crippen molar-refractivity contribution in [3.8, 4) is 0 Å². The maximum atomic E-state index is 12.2. The summed E-state index contributed by atoms with van der Waals surface area (Å²) in [6, 6.07) is 15.8.